The highest BCUT2D eigenvalue weighted by Gasteiger charge is 2.11. The lowest BCUT2D eigenvalue weighted by Crippen LogP contribution is -2.27. The number of rotatable bonds is 6. The third-order valence-corrected chi connectivity index (χ3v) is 2.53. The average molecular weight is 237 g/mol. The Labute approximate surface area is 101 Å². The van der Waals surface area contributed by atoms with Crippen LogP contribution in [0.15, 0.2) is 18.3 Å². The number of pyridine rings is 1. The summed E-state index contributed by atoms with van der Waals surface area (Å²) in [5.74, 6) is 0.299. The minimum absolute atomic E-state index is 0.0527. The molecule has 1 aromatic heterocycles. The summed E-state index contributed by atoms with van der Waals surface area (Å²) in [5, 5.41) is 8.65. The number of anilines is 1. The number of aliphatic hydroxyl groups is 1. The van der Waals surface area contributed by atoms with Crippen molar-refractivity contribution in [2.24, 2.45) is 0 Å². The van der Waals surface area contributed by atoms with Gasteiger partial charge in [-0.1, -0.05) is 0 Å². The maximum Gasteiger partial charge on any atom is 0.253 e. The van der Waals surface area contributed by atoms with Crippen molar-refractivity contribution in [3.8, 4) is 0 Å². The zero-order chi connectivity index (χ0) is 12.7. The summed E-state index contributed by atoms with van der Waals surface area (Å²) in [4.78, 5) is 17.5. The molecule has 0 aliphatic heterocycles. The number of nitrogen functional groups attached to an aromatic ring is 1. The van der Waals surface area contributed by atoms with Gasteiger partial charge in [0, 0.05) is 32.0 Å². The number of carbonyl (C=O) groups excluding carboxylic acids is 1. The normalized spacial score (nSPS) is 10.2. The molecule has 0 fully saturated rings. The highest BCUT2D eigenvalue weighted by molar-refractivity contribution is 5.94. The summed E-state index contributed by atoms with van der Waals surface area (Å²) in [5.41, 5.74) is 6.08. The standard InChI is InChI=1S/C12H19N3O2/c1-15(7-3-2-4-8-16)12(17)10-5-6-14-11(13)9-10/h5-6,9,16H,2-4,7-8H2,1H3,(H2,13,14). The Morgan fingerprint density at radius 3 is 2.88 bits per heavy atom. The van der Waals surface area contributed by atoms with Gasteiger partial charge in [-0.05, 0) is 31.4 Å². The van der Waals surface area contributed by atoms with Crippen molar-refractivity contribution in [3.05, 3.63) is 23.9 Å². The predicted octanol–water partition coefficient (Wildman–Crippen LogP) is 0.898. The highest BCUT2D eigenvalue weighted by atomic mass is 16.2. The van der Waals surface area contributed by atoms with Crippen LogP contribution in [0.5, 0.6) is 0 Å². The molecule has 0 spiro atoms. The monoisotopic (exact) mass is 237 g/mol. The van der Waals surface area contributed by atoms with E-state index in [1.54, 1.807) is 24.1 Å². The number of carbonyl (C=O) groups is 1. The van der Waals surface area contributed by atoms with Crippen molar-refractivity contribution < 1.29 is 9.90 Å². The van der Waals surface area contributed by atoms with Gasteiger partial charge in [0.25, 0.3) is 5.91 Å². The third kappa shape index (κ3) is 4.40. The van der Waals surface area contributed by atoms with E-state index in [0.717, 1.165) is 19.3 Å². The molecule has 0 aliphatic rings. The Balaban J connectivity index is 2.46. The van der Waals surface area contributed by atoms with Crippen LogP contribution in [0.2, 0.25) is 0 Å². The van der Waals surface area contributed by atoms with E-state index >= 15 is 0 Å². The Kier molecular flexibility index (Phi) is 5.42. The largest absolute Gasteiger partial charge is 0.396 e. The van der Waals surface area contributed by atoms with Crippen LogP contribution in [0, 0.1) is 0 Å². The van der Waals surface area contributed by atoms with Gasteiger partial charge in [0.15, 0.2) is 0 Å². The molecule has 1 aromatic rings. The van der Waals surface area contributed by atoms with Crippen molar-refractivity contribution in [2.45, 2.75) is 19.3 Å². The van der Waals surface area contributed by atoms with E-state index in [1.165, 1.54) is 6.20 Å². The second kappa shape index (κ2) is 6.85. The highest BCUT2D eigenvalue weighted by Crippen LogP contribution is 2.07. The van der Waals surface area contributed by atoms with Gasteiger partial charge in [-0.15, -0.1) is 0 Å². The molecule has 0 saturated carbocycles. The Morgan fingerprint density at radius 1 is 1.47 bits per heavy atom. The van der Waals surface area contributed by atoms with Crippen LogP contribution < -0.4 is 5.73 Å². The number of amides is 1. The molecule has 5 heteroatoms. The summed E-state index contributed by atoms with van der Waals surface area (Å²) in [6, 6.07) is 3.23. The molecular weight excluding hydrogens is 218 g/mol. The van der Waals surface area contributed by atoms with E-state index in [-0.39, 0.29) is 12.5 Å². The van der Waals surface area contributed by atoms with Gasteiger partial charge in [0.05, 0.1) is 0 Å². The third-order valence-electron chi connectivity index (χ3n) is 2.53. The summed E-state index contributed by atoms with van der Waals surface area (Å²) in [6.07, 6.45) is 4.13. The summed E-state index contributed by atoms with van der Waals surface area (Å²) in [6.45, 7) is 0.889. The van der Waals surface area contributed by atoms with Gasteiger partial charge >= 0.3 is 0 Å². The van der Waals surface area contributed by atoms with Crippen LogP contribution in [0.1, 0.15) is 29.6 Å². The molecule has 5 nitrogen and oxygen atoms in total. The smallest absolute Gasteiger partial charge is 0.253 e. The molecule has 3 N–H and O–H groups in total. The lowest BCUT2D eigenvalue weighted by molar-refractivity contribution is 0.0792. The zero-order valence-corrected chi connectivity index (χ0v) is 10.1. The number of hydrogen-bond donors (Lipinski definition) is 2. The lowest BCUT2D eigenvalue weighted by Gasteiger charge is -2.17. The van der Waals surface area contributed by atoms with Crippen LogP contribution in [0.4, 0.5) is 5.82 Å². The van der Waals surface area contributed by atoms with Gasteiger partial charge in [0.2, 0.25) is 0 Å². The molecular formula is C12H19N3O2. The summed E-state index contributed by atoms with van der Waals surface area (Å²) < 4.78 is 0. The van der Waals surface area contributed by atoms with Crippen molar-refractivity contribution >= 4 is 11.7 Å². The fraction of sp³-hybridized carbons (Fsp3) is 0.500. The molecule has 0 aliphatic carbocycles. The topological polar surface area (TPSA) is 79.5 Å². The van der Waals surface area contributed by atoms with E-state index in [2.05, 4.69) is 4.98 Å². The zero-order valence-electron chi connectivity index (χ0n) is 10.1. The first-order chi connectivity index (χ1) is 8.15. The number of hydrogen-bond acceptors (Lipinski definition) is 4. The predicted molar refractivity (Wildman–Crippen MR) is 66.5 cm³/mol. The number of unbranched alkanes of at least 4 members (excludes halogenated alkanes) is 2. The van der Waals surface area contributed by atoms with Crippen LogP contribution in [-0.4, -0.2) is 41.1 Å². The van der Waals surface area contributed by atoms with Crippen LogP contribution in [0.25, 0.3) is 0 Å². The van der Waals surface area contributed by atoms with E-state index in [9.17, 15) is 4.79 Å². The lowest BCUT2D eigenvalue weighted by atomic mass is 10.2. The number of aromatic nitrogens is 1. The fourth-order valence-corrected chi connectivity index (χ4v) is 1.54. The van der Waals surface area contributed by atoms with Crippen molar-refractivity contribution in [3.63, 3.8) is 0 Å². The quantitative estimate of drug-likeness (QED) is 0.720. The molecule has 1 rings (SSSR count). The van der Waals surface area contributed by atoms with Gasteiger partial charge in [-0.2, -0.15) is 0 Å². The Morgan fingerprint density at radius 2 is 2.24 bits per heavy atom. The molecule has 0 atom stereocenters. The maximum atomic E-state index is 12.0. The van der Waals surface area contributed by atoms with E-state index < -0.39 is 0 Å². The minimum atomic E-state index is -0.0527. The number of nitrogens with two attached hydrogens (primary N) is 1. The van der Waals surface area contributed by atoms with E-state index in [0.29, 0.717) is 17.9 Å². The maximum absolute atomic E-state index is 12.0. The molecule has 0 radical (unpaired) electrons. The number of nitrogens with zero attached hydrogens (tertiary/aromatic N) is 2. The van der Waals surface area contributed by atoms with Crippen molar-refractivity contribution in [1.29, 1.82) is 0 Å². The Hall–Kier alpha value is -1.62. The first-order valence-electron chi connectivity index (χ1n) is 5.73. The molecule has 1 amide bonds. The molecule has 0 bridgehead atoms. The van der Waals surface area contributed by atoms with Crippen LogP contribution >= 0.6 is 0 Å². The van der Waals surface area contributed by atoms with Gasteiger partial charge in [-0.25, -0.2) is 4.98 Å². The van der Waals surface area contributed by atoms with E-state index in [1.807, 2.05) is 0 Å². The molecule has 0 unspecified atom stereocenters. The molecule has 17 heavy (non-hydrogen) atoms. The van der Waals surface area contributed by atoms with Gasteiger partial charge in [-0.3, -0.25) is 4.79 Å². The molecule has 1 heterocycles. The summed E-state index contributed by atoms with van der Waals surface area (Å²) in [7, 11) is 1.76. The second-order valence-electron chi connectivity index (χ2n) is 3.98. The second-order valence-corrected chi connectivity index (χ2v) is 3.98. The fourth-order valence-electron chi connectivity index (χ4n) is 1.54. The van der Waals surface area contributed by atoms with Crippen LogP contribution in [-0.2, 0) is 0 Å². The molecule has 0 aromatic carbocycles. The van der Waals surface area contributed by atoms with E-state index in [4.69, 9.17) is 10.8 Å². The summed E-state index contributed by atoms with van der Waals surface area (Å²) >= 11 is 0. The Bertz CT molecular complexity index is 369. The first kappa shape index (κ1) is 13.4. The average Bonchev–Trinajstić information content (AvgIpc) is 2.33. The first-order valence-corrected chi connectivity index (χ1v) is 5.73. The van der Waals surface area contributed by atoms with Gasteiger partial charge < -0.3 is 15.7 Å². The van der Waals surface area contributed by atoms with Gasteiger partial charge in [0.1, 0.15) is 5.82 Å². The van der Waals surface area contributed by atoms with Crippen molar-refractivity contribution in [2.75, 3.05) is 25.9 Å². The van der Waals surface area contributed by atoms with Crippen molar-refractivity contribution in [1.82, 2.24) is 9.88 Å². The SMILES string of the molecule is CN(CCCCCO)C(=O)c1ccnc(N)c1. The molecule has 0 saturated heterocycles. The number of aliphatic hydroxyl groups excluding tert-OH is 1. The minimum Gasteiger partial charge on any atom is -0.396 e. The molecule has 94 valence electrons. The van der Waals surface area contributed by atoms with Crippen LogP contribution in [0.3, 0.4) is 0 Å².